The van der Waals surface area contributed by atoms with Crippen LogP contribution in [-0.4, -0.2) is 62.8 Å². The summed E-state index contributed by atoms with van der Waals surface area (Å²) < 4.78 is 28.2. The van der Waals surface area contributed by atoms with Crippen LogP contribution < -0.4 is 5.32 Å². The van der Waals surface area contributed by atoms with E-state index < -0.39 is 10.0 Å². The summed E-state index contributed by atoms with van der Waals surface area (Å²) in [5.74, 6) is 0.0219. The molecule has 1 heterocycles. The maximum atomic E-state index is 13.4. The molecule has 1 N–H and O–H groups in total. The van der Waals surface area contributed by atoms with Crippen molar-refractivity contribution >= 4 is 15.9 Å². The number of hydrogen-bond acceptors (Lipinski definition) is 4. The van der Waals surface area contributed by atoms with Crippen molar-refractivity contribution in [1.82, 2.24) is 14.5 Å². The first kappa shape index (κ1) is 22.5. The van der Waals surface area contributed by atoms with Gasteiger partial charge in [0.05, 0.1) is 4.90 Å². The van der Waals surface area contributed by atoms with Gasteiger partial charge in [-0.2, -0.15) is 4.31 Å². The monoisotopic (exact) mass is 429 g/mol. The van der Waals surface area contributed by atoms with Crippen LogP contribution in [0.2, 0.25) is 0 Å². The zero-order chi connectivity index (χ0) is 21.6. The van der Waals surface area contributed by atoms with E-state index in [1.165, 1.54) is 4.31 Å². The van der Waals surface area contributed by atoms with Crippen molar-refractivity contribution in [1.29, 1.82) is 0 Å². The number of benzene rings is 2. The average molecular weight is 430 g/mol. The number of nitrogens with zero attached hydrogens (tertiary/aromatic N) is 2. The summed E-state index contributed by atoms with van der Waals surface area (Å²) in [4.78, 5) is 14.7. The third kappa shape index (κ3) is 5.68. The smallest absolute Gasteiger partial charge is 0.243 e. The van der Waals surface area contributed by atoms with Crippen molar-refractivity contribution in [3.63, 3.8) is 0 Å². The number of sulfonamides is 1. The quantitative estimate of drug-likeness (QED) is 0.700. The predicted octanol–water partition coefficient (Wildman–Crippen LogP) is 2.61. The zero-order valence-corrected chi connectivity index (χ0v) is 18.6. The molecule has 1 aliphatic rings. The molecule has 2 aromatic carbocycles. The molecule has 30 heavy (non-hydrogen) atoms. The van der Waals surface area contributed by atoms with Crippen LogP contribution in [0.5, 0.6) is 0 Å². The lowest BCUT2D eigenvalue weighted by molar-refractivity contribution is -0.131. The molecule has 0 spiro atoms. The van der Waals surface area contributed by atoms with Gasteiger partial charge in [0.2, 0.25) is 15.9 Å². The van der Waals surface area contributed by atoms with Gasteiger partial charge in [-0.1, -0.05) is 55.0 Å². The third-order valence-corrected chi connectivity index (χ3v) is 7.43. The van der Waals surface area contributed by atoms with E-state index in [1.807, 2.05) is 49.1 Å². The fraction of sp³-hybridized carbons (Fsp3) is 0.435. The van der Waals surface area contributed by atoms with Gasteiger partial charge in [-0.15, -0.1) is 0 Å². The second-order valence-electron chi connectivity index (χ2n) is 7.87. The molecule has 1 atom stereocenters. The molecule has 7 heteroatoms. The van der Waals surface area contributed by atoms with Gasteiger partial charge in [0, 0.05) is 45.7 Å². The number of piperazine rings is 1. The Morgan fingerprint density at radius 3 is 2.33 bits per heavy atom. The van der Waals surface area contributed by atoms with E-state index in [-0.39, 0.29) is 29.7 Å². The minimum Gasteiger partial charge on any atom is -0.340 e. The Bertz CT molecular complexity index is 924. The third-order valence-electron chi connectivity index (χ3n) is 5.55. The number of rotatable bonds is 8. The fourth-order valence-electron chi connectivity index (χ4n) is 3.65. The molecule has 1 saturated heterocycles. The predicted molar refractivity (Wildman–Crippen MR) is 119 cm³/mol. The highest BCUT2D eigenvalue weighted by Gasteiger charge is 2.28. The summed E-state index contributed by atoms with van der Waals surface area (Å²) in [6.07, 6.45) is 0.187. The molecule has 2 aromatic rings. The molecule has 1 aliphatic heterocycles. The van der Waals surface area contributed by atoms with E-state index in [0.717, 1.165) is 24.2 Å². The Morgan fingerprint density at radius 1 is 1.07 bits per heavy atom. The van der Waals surface area contributed by atoms with Crippen LogP contribution in [0.4, 0.5) is 0 Å². The summed E-state index contributed by atoms with van der Waals surface area (Å²) in [5, 5.41) is 3.23. The summed E-state index contributed by atoms with van der Waals surface area (Å²) in [5.41, 5.74) is 2.09. The number of carbonyl (C=O) groups is 1. The molecule has 0 aliphatic carbocycles. The minimum absolute atomic E-state index is 0.00738. The normalized spacial score (nSPS) is 15.9. The highest BCUT2D eigenvalue weighted by atomic mass is 32.2. The van der Waals surface area contributed by atoms with E-state index in [4.69, 9.17) is 0 Å². The molecular weight excluding hydrogens is 398 g/mol. The van der Waals surface area contributed by atoms with Gasteiger partial charge >= 0.3 is 0 Å². The first-order valence-electron chi connectivity index (χ1n) is 10.5. The molecule has 1 fully saturated rings. The average Bonchev–Trinajstić information content (AvgIpc) is 2.77. The van der Waals surface area contributed by atoms with Gasteiger partial charge in [-0.25, -0.2) is 8.42 Å². The fourth-order valence-corrected chi connectivity index (χ4v) is 5.18. The molecule has 3 rings (SSSR count). The molecule has 0 aromatic heterocycles. The molecule has 0 radical (unpaired) electrons. The summed E-state index contributed by atoms with van der Waals surface area (Å²) in [6, 6.07) is 16.8. The van der Waals surface area contributed by atoms with Gasteiger partial charge in [0.1, 0.15) is 0 Å². The van der Waals surface area contributed by atoms with Gasteiger partial charge in [-0.05, 0) is 30.5 Å². The maximum Gasteiger partial charge on any atom is 0.243 e. The topological polar surface area (TPSA) is 69.7 Å². The van der Waals surface area contributed by atoms with Crippen LogP contribution in [0, 0.1) is 6.92 Å². The second kappa shape index (κ2) is 10.2. The number of carbonyl (C=O) groups excluding carboxylic acids is 1. The summed E-state index contributed by atoms with van der Waals surface area (Å²) >= 11 is 0. The lowest BCUT2D eigenvalue weighted by Gasteiger charge is -2.29. The SMILES string of the molecule is Cc1ccc(S(=O)(=O)N(CCC(=O)N2CCNCC2)C[C@H](C)c2ccccc2)cc1. The Balaban J connectivity index is 1.78. The molecule has 0 unspecified atom stereocenters. The number of amides is 1. The van der Waals surface area contributed by atoms with E-state index in [0.29, 0.717) is 19.6 Å². The van der Waals surface area contributed by atoms with Crippen molar-refractivity contribution in [2.45, 2.75) is 31.1 Å². The standard InChI is InChI=1S/C23H31N3O3S/c1-19-8-10-22(11-9-19)30(28,29)26(18-20(2)21-6-4-3-5-7-21)15-12-23(27)25-16-13-24-14-17-25/h3-11,20,24H,12-18H2,1-2H3/t20-/m0/s1. The van der Waals surface area contributed by atoms with Crippen LogP contribution in [-0.2, 0) is 14.8 Å². The van der Waals surface area contributed by atoms with E-state index in [9.17, 15) is 13.2 Å². The summed E-state index contributed by atoms with van der Waals surface area (Å²) in [6.45, 7) is 7.35. The zero-order valence-electron chi connectivity index (χ0n) is 17.8. The largest absolute Gasteiger partial charge is 0.340 e. The van der Waals surface area contributed by atoms with Gasteiger partial charge < -0.3 is 10.2 Å². The molecular formula is C23H31N3O3S. The van der Waals surface area contributed by atoms with Crippen LogP contribution >= 0.6 is 0 Å². The first-order valence-corrected chi connectivity index (χ1v) is 11.9. The Labute approximate surface area is 179 Å². The molecule has 6 nitrogen and oxygen atoms in total. The maximum absolute atomic E-state index is 13.4. The van der Waals surface area contributed by atoms with Crippen LogP contribution in [0.25, 0.3) is 0 Å². The molecule has 1 amide bonds. The molecule has 0 bridgehead atoms. The molecule has 0 saturated carbocycles. The van der Waals surface area contributed by atoms with E-state index >= 15 is 0 Å². The first-order chi connectivity index (χ1) is 14.4. The van der Waals surface area contributed by atoms with Gasteiger partial charge in [0.15, 0.2) is 0 Å². The molecule has 162 valence electrons. The van der Waals surface area contributed by atoms with E-state index in [2.05, 4.69) is 5.32 Å². The van der Waals surface area contributed by atoms with Gasteiger partial charge in [0.25, 0.3) is 0 Å². The van der Waals surface area contributed by atoms with Crippen LogP contribution in [0.3, 0.4) is 0 Å². The number of hydrogen-bond donors (Lipinski definition) is 1. The van der Waals surface area contributed by atoms with E-state index in [1.54, 1.807) is 24.3 Å². The van der Waals surface area contributed by atoms with Crippen LogP contribution in [0.15, 0.2) is 59.5 Å². The lowest BCUT2D eigenvalue weighted by atomic mass is 10.0. The Morgan fingerprint density at radius 2 is 1.70 bits per heavy atom. The summed E-state index contributed by atoms with van der Waals surface area (Å²) in [7, 11) is -3.70. The number of aryl methyl sites for hydroxylation is 1. The minimum atomic E-state index is -3.70. The van der Waals surface area contributed by atoms with Gasteiger partial charge in [-0.3, -0.25) is 4.79 Å². The Hall–Kier alpha value is -2.22. The van der Waals surface area contributed by atoms with Crippen molar-refractivity contribution < 1.29 is 13.2 Å². The van der Waals surface area contributed by atoms with Crippen molar-refractivity contribution in [2.24, 2.45) is 0 Å². The Kier molecular flexibility index (Phi) is 7.64. The van der Waals surface area contributed by atoms with Crippen molar-refractivity contribution in [3.05, 3.63) is 65.7 Å². The van der Waals surface area contributed by atoms with Crippen molar-refractivity contribution in [2.75, 3.05) is 39.3 Å². The van der Waals surface area contributed by atoms with Crippen molar-refractivity contribution in [3.8, 4) is 0 Å². The lowest BCUT2D eigenvalue weighted by Crippen LogP contribution is -2.47. The highest BCUT2D eigenvalue weighted by Crippen LogP contribution is 2.23. The highest BCUT2D eigenvalue weighted by molar-refractivity contribution is 7.89. The number of nitrogens with one attached hydrogen (secondary N) is 1. The van der Waals surface area contributed by atoms with Crippen LogP contribution in [0.1, 0.15) is 30.4 Å². The second-order valence-corrected chi connectivity index (χ2v) is 9.81.